The molecule has 2 aromatic heterocycles. The molecule has 0 unspecified atom stereocenters. The number of carbonyl (C=O) groups is 1. The number of Topliss-reactive ketones (excluding diaryl/α,β-unsaturated/α-hetero) is 1. The van der Waals surface area contributed by atoms with Gasteiger partial charge in [-0.2, -0.15) is 5.10 Å². The van der Waals surface area contributed by atoms with Crippen LogP contribution in [0.5, 0.6) is 11.5 Å². The van der Waals surface area contributed by atoms with E-state index in [1.54, 1.807) is 18.7 Å². The third-order valence-electron chi connectivity index (χ3n) is 4.82. The van der Waals surface area contributed by atoms with Crippen LogP contribution in [0.15, 0.2) is 18.2 Å². The van der Waals surface area contributed by atoms with Gasteiger partial charge in [0.2, 0.25) is 0 Å². The van der Waals surface area contributed by atoms with Crippen LogP contribution in [0.4, 0.5) is 0 Å². The number of aryl methyl sites for hydroxylation is 1. The monoisotopic (exact) mass is 352 g/mol. The van der Waals surface area contributed by atoms with Crippen molar-refractivity contribution in [3.8, 4) is 22.6 Å². The molecule has 0 bridgehead atoms. The number of methoxy groups -OCH3 is 2. The van der Waals surface area contributed by atoms with Gasteiger partial charge in [-0.25, -0.2) is 4.52 Å². The maximum atomic E-state index is 12.3. The van der Waals surface area contributed by atoms with Crippen molar-refractivity contribution in [1.29, 1.82) is 0 Å². The van der Waals surface area contributed by atoms with Crippen LogP contribution in [0.2, 0.25) is 0 Å². The molecule has 7 heteroatoms. The van der Waals surface area contributed by atoms with E-state index in [9.17, 15) is 4.79 Å². The van der Waals surface area contributed by atoms with E-state index in [0.29, 0.717) is 29.3 Å². The Balaban J connectivity index is 1.94. The van der Waals surface area contributed by atoms with Gasteiger partial charge in [-0.05, 0) is 37.0 Å². The minimum absolute atomic E-state index is 0.0361. The lowest BCUT2D eigenvalue weighted by molar-refractivity contribution is 0.0944. The zero-order valence-electron chi connectivity index (χ0n) is 15.2. The van der Waals surface area contributed by atoms with Crippen LogP contribution < -0.4 is 9.47 Å². The van der Waals surface area contributed by atoms with Crippen molar-refractivity contribution < 1.29 is 14.3 Å². The summed E-state index contributed by atoms with van der Waals surface area (Å²) in [4.78, 5) is 12.3. The molecule has 1 aliphatic rings. The summed E-state index contributed by atoms with van der Waals surface area (Å²) in [6, 6.07) is 5.70. The molecule has 0 saturated heterocycles. The number of ether oxygens (including phenoxy) is 2. The summed E-state index contributed by atoms with van der Waals surface area (Å²) in [5.74, 6) is 1.61. The highest BCUT2D eigenvalue weighted by Gasteiger charge is 2.28. The van der Waals surface area contributed by atoms with Gasteiger partial charge in [-0.3, -0.25) is 4.79 Å². The van der Waals surface area contributed by atoms with Gasteiger partial charge in [0, 0.05) is 6.42 Å². The van der Waals surface area contributed by atoms with Crippen molar-refractivity contribution in [3.63, 3.8) is 0 Å². The minimum Gasteiger partial charge on any atom is -0.493 e. The van der Waals surface area contributed by atoms with Crippen LogP contribution in [0.1, 0.15) is 35.2 Å². The Morgan fingerprint density at radius 2 is 1.88 bits per heavy atom. The van der Waals surface area contributed by atoms with Crippen molar-refractivity contribution in [1.82, 2.24) is 19.8 Å². The Labute approximate surface area is 151 Å². The zero-order chi connectivity index (χ0) is 18.4. The SMILES string of the molecule is COc1ccc(-c2c(C)nn3c4c(nnc23)C(=O)C[C@H](C)C4)cc1OC. The lowest BCUT2D eigenvalue weighted by atomic mass is 9.90. The average Bonchev–Trinajstić information content (AvgIpc) is 2.97. The number of rotatable bonds is 3. The van der Waals surface area contributed by atoms with E-state index in [1.807, 2.05) is 25.1 Å². The molecule has 0 saturated carbocycles. The lowest BCUT2D eigenvalue weighted by Gasteiger charge is -2.19. The first kappa shape index (κ1) is 16.5. The largest absolute Gasteiger partial charge is 0.493 e. The molecule has 26 heavy (non-hydrogen) atoms. The molecule has 1 atom stereocenters. The number of nitrogens with zero attached hydrogens (tertiary/aromatic N) is 4. The molecule has 2 heterocycles. The van der Waals surface area contributed by atoms with Crippen molar-refractivity contribution in [2.75, 3.05) is 14.2 Å². The highest BCUT2D eigenvalue weighted by Crippen LogP contribution is 2.36. The van der Waals surface area contributed by atoms with Gasteiger partial charge in [-0.15, -0.1) is 10.2 Å². The fourth-order valence-electron chi connectivity index (χ4n) is 3.60. The quantitative estimate of drug-likeness (QED) is 0.721. The number of ketones is 1. The van der Waals surface area contributed by atoms with Crippen molar-refractivity contribution in [2.24, 2.45) is 5.92 Å². The molecule has 0 N–H and O–H groups in total. The number of hydrogen-bond donors (Lipinski definition) is 0. The number of fused-ring (bicyclic) bond motifs is 3. The normalized spacial score (nSPS) is 16.6. The van der Waals surface area contributed by atoms with Crippen molar-refractivity contribution in [3.05, 3.63) is 35.3 Å². The summed E-state index contributed by atoms with van der Waals surface area (Å²) in [6.07, 6.45) is 1.27. The third-order valence-corrected chi connectivity index (χ3v) is 4.82. The molecule has 134 valence electrons. The van der Waals surface area contributed by atoms with Crippen molar-refractivity contribution >= 4 is 11.4 Å². The zero-order valence-corrected chi connectivity index (χ0v) is 15.2. The van der Waals surface area contributed by atoms with E-state index in [-0.39, 0.29) is 11.7 Å². The summed E-state index contributed by atoms with van der Waals surface area (Å²) in [5, 5.41) is 13.2. The minimum atomic E-state index is 0.0361. The van der Waals surface area contributed by atoms with E-state index in [2.05, 4.69) is 22.2 Å². The second-order valence-electron chi connectivity index (χ2n) is 6.70. The highest BCUT2D eigenvalue weighted by molar-refractivity contribution is 5.96. The highest BCUT2D eigenvalue weighted by atomic mass is 16.5. The molecule has 7 nitrogen and oxygen atoms in total. The fraction of sp³-hybridized carbons (Fsp3) is 0.368. The van der Waals surface area contributed by atoms with Crippen LogP contribution in [0, 0.1) is 12.8 Å². The van der Waals surface area contributed by atoms with Crippen LogP contribution in [-0.4, -0.2) is 39.8 Å². The standard InChI is InChI=1S/C19H20N4O3/c1-10-7-13-18(14(24)8-10)20-21-19-17(11(2)22-23(13)19)12-5-6-15(25-3)16(9-12)26-4/h5-6,9-10H,7-8H2,1-4H3/t10-/m1/s1. The molecule has 3 aromatic rings. The summed E-state index contributed by atoms with van der Waals surface area (Å²) in [6.45, 7) is 4.00. The van der Waals surface area contributed by atoms with Gasteiger partial charge in [0.05, 0.1) is 31.2 Å². The summed E-state index contributed by atoms with van der Waals surface area (Å²) >= 11 is 0. The number of hydrogen-bond acceptors (Lipinski definition) is 6. The first-order valence-corrected chi connectivity index (χ1v) is 8.54. The molecule has 1 aromatic carbocycles. The summed E-state index contributed by atoms with van der Waals surface area (Å²) < 4.78 is 12.5. The molecule has 0 spiro atoms. The van der Waals surface area contributed by atoms with Crippen LogP contribution in [0.25, 0.3) is 16.8 Å². The molecule has 0 radical (unpaired) electrons. The number of carbonyl (C=O) groups excluding carboxylic acids is 1. The smallest absolute Gasteiger partial charge is 0.185 e. The fourth-order valence-corrected chi connectivity index (χ4v) is 3.60. The molecule has 4 rings (SSSR count). The first-order valence-electron chi connectivity index (χ1n) is 8.54. The predicted molar refractivity (Wildman–Crippen MR) is 95.9 cm³/mol. The maximum Gasteiger partial charge on any atom is 0.185 e. The predicted octanol–water partition coefficient (Wildman–Crippen LogP) is 2.88. The third kappa shape index (κ3) is 2.42. The van der Waals surface area contributed by atoms with E-state index in [1.165, 1.54) is 0 Å². The van der Waals surface area contributed by atoms with Crippen LogP contribution >= 0.6 is 0 Å². The molecule has 1 aliphatic carbocycles. The molecular formula is C19H20N4O3. The Morgan fingerprint density at radius 3 is 2.62 bits per heavy atom. The maximum absolute atomic E-state index is 12.3. The van der Waals surface area contributed by atoms with Gasteiger partial charge in [-0.1, -0.05) is 13.0 Å². The molecular weight excluding hydrogens is 332 g/mol. The van der Waals surface area contributed by atoms with Gasteiger partial charge in [0.25, 0.3) is 0 Å². The number of aromatic nitrogens is 4. The summed E-state index contributed by atoms with van der Waals surface area (Å²) in [5.41, 5.74) is 4.55. The van der Waals surface area contributed by atoms with Crippen molar-refractivity contribution in [2.45, 2.75) is 26.7 Å². The first-order chi connectivity index (χ1) is 12.5. The Kier molecular flexibility index (Phi) is 3.86. The topological polar surface area (TPSA) is 78.6 Å². The van der Waals surface area contributed by atoms with Gasteiger partial charge >= 0.3 is 0 Å². The van der Waals surface area contributed by atoms with E-state index in [0.717, 1.165) is 28.9 Å². The second-order valence-corrected chi connectivity index (χ2v) is 6.70. The van der Waals surface area contributed by atoms with Crippen LogP contribution in [0.3, 0.4) is 0 Å². The number of benzene rings is 1. The van der Waals surface area contributed by atoms with Crippen LogP contribution in [-0.2, 0) is 6.42 Å². The van der Waals surface area contributed by atoms with Gasteiger partial charge in [0.15, 0.2) is 28.6 Å². The second kappa shape index (κ2) is 6.09. The molecule has 0 amide bonds. The lowest BCUT2D eigenvalue weighted by Crippen LogP contribution is -2.23. The summed E-state index contributed by atoms with van der Waals surface area (Å²) in [7, 11) is 3.21. The Morgan fingerprint density at radius 1 is 1.12 bits per heavy atom. The van der Waals surface area contributed by atoms with E-state index in [4.69, 9.17) is 9.47 Å². The van der Waals surface area contributed by atoms with Gasteiger partial charge in [0.1, 0.15) is 0 Å². The average molecular weight is 352 g/mol. The molecule has 0 aliphatic heterocycles. The Hall–Kier alpha value is -2.96. The Bertz CT molecular complexity index is 1030. The molecule has 0 fully saturated rings. The van der Waals surface area contributed by atoms with E-state index >= 15 is 0 Å². The van der Waals surface area contributed by atoms with Gasteiger partial charge < -0.3 is 9.47 Å². The van der Waals surface area contributed by atoms with E-state index < -0.39 is 0 Å².